The quantitative estimate of drug-likeness (QED) is 0.870. The predicted octanol–water partition coefficient (Wildman–Crippen LogP) is 1.91. The van der Waals surface area contributed by atoms with Gasteiger partial charge in [0.05, 0.1) is 7.11 Å². The van der Waals surface area contributed by atoms with Gasteiger partial charge < -0.3 is 15.4 Å². The molecule has 1 aliphatic heterocycles. The zero-order valence-corrected chi connectivity index (χ0v) is 13.8. The number of likely N-dealkylation sites (tertiary alicyclic amines) is 1. The summed E-state index contributed by atoms with van der Waals surface area (Å²) < 4.78 is 5.08. The molecule has 1 saturated heterocycles. The van der Waals surface area contributed by atoms with Crippen molar-refractivity contribution in [2.24, 2.45) is 0 Å². The SMILES string of the molecule is COc1ccc(CN2CC[C@@H](NC(=O)NC3CCCC3)C2)cn1. The van der Waals surface area contributed by atoms with Gasteiger partial charge in [-0.2, -0.15) is 0 Å². The van der Waals surface area contributed by atoms with E-state index in [2.05, 4.69) is 20.5 Å². The number of hydrogen-bond donors (Lipinski definition) is 2. The number of amides is 2. The average Bonchev–Trinajstić information content (AvgIpc) is 3.20. The van der Waals surface area contributed by atoms with Crippen molar-refractivity contribution in [2.45, 2.75) is 50.7 Å². The Morgan fingerprint density at radius 2 is 2.04 bits per heavy atom. The van der Waals surface area contributed by atoms with Crippen molar-refractivity contribution in [3.05, 3.63) is 23.9 Å². The molecule has 1 aliphatic carbocycles. The summed E-state index contributed by atoms with van der Waals surface area (Å²) in [6.45, 7) is 2.75. The van der Waals surface area contributed by atoms with Gasteiger partial charge in [-0.3, -0.25) is 4.90 Å². The Labute approximate surface area is 137 Å². The van der Waals surface area contributed by atoms with Gasteiger partial charge in [0.2, 0.25) is 5.88 Å². The highest BCUT2D eigenvalue weighted by molar-refractivity contribution is 5.74. The third-order valence-corrected chi connectivity index (χ3v) is 4.71. The smallest absolute Gasteiger partial charge is 0.315 e. The number of aromatic nitrogens is 1. The van der Waals surface area contributed by atoms with Crippen molar-refractivity contribution in [1.29, 1.82) is 0 Å². The fraction of sp³-hybridized carbons (Fsp3) is 0.647. The van der Waals surface area contributed by atoms with Crippen molar-refractivity contribution in [2.75, 3.05) is 20.2 Å². The Morgan fingerprint density at radius 3 is 2.74 bits per heavy atom. The molecule has 0 bridgehead atoms. The lowest BCUT2D eigenvalue weighted by molar-refractivity contribution is 0.232. The van der Waals surface area contributed by atoms with Gasteiger partial charge in [0.1, 0.15) is 0 Å². The Hall–Kier alpha value is -1.82. The molecule has 2 heterocycles. The molecule has 2 fully saturated rings. The summed E-state index contributed by atoms with van der Waals surface area (Å²) >= 11 is 0. The third kappa shape index (κ3) is 4.58. The van der Waals surface area contributed by atoms with Crippen LogP contribution >= 0.6 is 0 Å². The molecular weight excluding hydrogens is 292 g/mol. The molecule has 126 valence electrons. The molecule has 6 heteroatoms. The van der Waals surface area contributed by atoms with Crippen LogP contribution < -0.4 is 15.4 Å². The van der Waals surface area contributed by atoms with E-state index in [-0.39, 0.29) is 12.1 Å². The van der Waals surface area contributed by atoms with E-state index in [1.54, 1.807) is 7.11 Å². The molecule has 2 amide bonds. The number of carbonyl (C=O) groups is 1. The van der Waals surface area contributed by atoms with Gasteiger partial charge >= 0.3 is 6.03 Å². The highest BCUT2D eigenvalue weighted by Gasteiger charge is 2.25. The maximum absolute atomic E-state index is 12.0. The van der Waals surface area contributed by atoms with Crippen LogP contribution in [0.1, 0.15) is 37.7 Å². The monoisotopic (exact) mass is 318 g/mol. The second-order valence-corrected chi connectivity index (χ2v) is 6.53. The first kappa shape index (κ1) is 16.1. The summed E-state index contributed by atoms with van der Waals surface area (Å²) in [5.41, 5.74) is 1.17. The summed E-state index contributed by atoms with van der Waals surface area (Å²) in [6, 6.07) is 4.53. The summed E-state index contributed by atoms with van der Waals surface area (Å²) in [6.07, 6.45) is 7.56. The lowest BCUT2D eigenvalue weighted by Crippen LogP contribution is -2.46. The molecule has 0 aromatic carbocycles. The topological polar surface area (TPSA) is 66.5 Å². The standard InChI is InChI=1S/C17H26N4O2/c1-23-16-7-6-13(10-18-16)11-21-9-8-15(12-21)20-17(22)19-14-4-2-3-5-14/h6-7,10,14-15H,2-5,8-9,11-12H2,1H3,(H2,19,20,22)/t15-/m1/s1. The lowest BCUT2D eigenvalue weighted by Gasteiger charge is -2.18. The summed E-state index contributed by atoms with van der Waals surface area (Å²) in [7, 11) is 1.62. The molecule has 1 aromatic heterocycles. The molecule has 0 radical (unpaired) electrons. The molecule has 2 aliphatic rings. The number of ether oxygens (including phenoxy) is 1. The van der Waals surface area contributed by atoms with E-state index in [1.165, 1.54) is 18.4 Å². The molecule has 1 aromatic rings. The van der Waals surface area contributed by atoms with E-state index < -0.39 is 0 Å². The van der Waals surface area contributed by atoms with E-state index in [9.17, 15) is 4.79 Å². The van der Waals surface area contributed by atoms with Gasteiger partial charge in [-0.15, -0.1) is 0 Å². The molecular formula is C17H26N4O2. The summed E-state index contributed by atoms with van der Waals surface area (Å²) in [5.74, 6) is 0.637. The van der Waals surface area contributed by atoms with Gasteiger partial charge in [-0.05, 0) is 24.8 Å². The lowest BCUT2D eigenvalue weighted by atomic mass is 10.2. The largest absolute Gasteiger partial charge is 0.481 e. The van der Waals surface area contributed by atoms with Crippen LogP contribution in [0.5, 0.6) is 5.88 Å². The first-order valence-corrected chi connectivity index (χ1v) is 8.51. The zero-order valence-electron chi connectivity index (χ0n) is 13.8. The zero-order chi connectivity index (χ0) is 16.1. The molecule has 23 heavy (non-hydrogen) atoms. The van der Waals surface area contributed by atoms with Crippen LogP contribution in [0.25, 0.3) is 0 Å². The number of urea groups is 1. The maximum Gasteiger partial charge on any atom is 0.315 e. The van der Waals surface area contributed by atoms with Crippen LogP contribution in [0.15, 0.2) is 18.3 Å². The second-order valence-electron chi connectivity index (χ2n) is 6.53. The minimum Gasteiger partial charge on any atom is -0.481 e. The van der Waals surface area contributed by atoms with Crippen LogP contribution in [-0.2, 0) is 6.54 Å². The van der Waals surface area contributed by atoms with Gasteiger partial charge in [0, 0.05) is 44.0 Å². The van der Waals surface area contributed by atoms with E-state index in [0.717, 1.165) is 38.9 Å². The number of pyridine rings is 1. The number of methoxy groups -OCH3 is 1. The molecule has 6 nitrogen and oxygen atoms in total. The van der Waals surface area contributed by atoms with Crippen LogP contribution in [-0.4, -0.2) is 48.2 Å². The van der Waals surface area contributed by atoms with Crippen molar-refractivity contribution in [1.82, 2.24) is 20.5 Å². The Bertz CT molecular complexity index is 514. The Morgan fingerprint density at radius 1 is 1.26 bits per heavy atom. The molecule has 1 saturated carbocycles. The van der Waals surface area contributed by atoms with E-state index in [0.29, 0.717) is 11.9 Å². The average molecular weight is 318 g/mol. The van der Waals surface area contributed by atoms with E-state index in [4.69, 9.17) is 4.74 Å². The number of hydrogen-bond acceptors (Lipinski definition) is 4. The van der Waals surface area contributed by atoms with Crippen molar-refractivity contribution in [3.63, 3.8) is 0 Å². The summed E-state index contributed by atoms with van der Waals surface area (Å²) in [5, 5.41) is 6.20. The third-order valence-electron chi connectivity index (χ3n) is 4.71. The van der Waals surface area contributed by atoms with Crippen LogP contribution in [0, 0.1) is 0 Å². The Balaban J connectivity index is 1.41. The highest BCUT2D eigenvalue weighted by atomic mass is 16.5. The molecule has 0 unspecified atom stereocenters. The van der Waals surface area contributed by atoms with Crippen molar-refractivity contribution < 1.29 is 9.53 Å². The molecule has 1 atom stereocenters. The first-order valence-electron chi connectivity index (χ1n) is 8.51. The second kappa shape index (κ2) is 7.64. The minimum atomic E-state index is -0.00476. The maximum atomic E-state index is 12.0. The van der Waals surface area contributed by atoms with E-state index in [1.807, 2.05) is 18.3 Å². The normalized spacial score (nSPS) is 22.2. The number of nitrogens with one attached hydrogen (secondary N) is 2. The molecule has 0 spiro atoms. The van der Waals surface area contributed by atoms with Crippen LogP contribution in [0.2, 0.25) is 0 Å². The van der Waals surface area contributed by atoms with Crippen LogP contribution in [0.3, 0.4) is 0 Å². The summed E-state index contributed by atoms with van der Waals surface area (Å²) in [4.78, 5) is 18.6. The van der Waals surface area contributed by atoms with E-state index >= 15 is 0 Å². The minimum absolute atomic E-state index is 0.00476. The number of nitrogens with zero attached hydrogens (tertiary/aromatic N) is 2. The van der Waals surface area contributed by atoms with Crippen molar-refractivity contribution >= 4 is 6.03 Å². The van der Waals surface area contributed by atoms with Gasteiger partial charge in [0.25, 0.3) is 0 Å². The van der Waals surface area contributed by atoms with Gasteiger partial charge in [-0.25, -0.2) is 9.78 Å². The molecule has 3 rings (SSSR count). The van der Waals surface area contributed by atoms with Gasteiger partial charge in [-0.1, -0.05) is 18.9 Å². The van der Waals surface area contributed by atoms with Crippen molar-refractivity contribution in [3.8, 4) is 5.88 Å². The van der Waals surface area contributed by atoms with Gasteiger partial charge in [0.15, 0.2) is 0 Å². The number of rotatable bonds is 5. The fourth-order valence-electron chi connectivity index (χ4n) is 3.46. The fourth-order valence-corrected chi connectivity index (χ4v) is 3.46. The first-order chi connectivity index (χ1) is 11.2. The van der Waals surface area contributed by atoms with Crippen LogP contribution in [0.4, 0.5) is 4.79 Å². The Kier molecular flexibility index (Phi) is 5.33. The predicted molar refractivity (Wildman–Crippen MR) is 88.4 cm³/mol. The highest BCUT2D eigenvalue weighted by Crippen LogP contribution is 2.18. The number of carbonyl (C=O) groups excluding carboxylic acids is 1. The molecule has 2 N–H and O–H groups in total.